The minimum Gasteiger partial charge on any atom is -0.465 e. The molecule has 4 rings (SSSR count). The van der Waals surface area contributed by atoms with E-state index < -0.39 is 11.8 Å². The summed E-state index contributed by atoms with van der Waals surface area (Å²) in [6.07, 6.45) is 6.30. The Hall–Kier alpha value is -2.88. The van der Waals surface area contributed by atoms with Gasteiger partial charge in [0.15, 0.2) is 0 Å². The molecule has 4 unspecified atom stereocenters. The zero-order chi connectivity index (χ0) is 20.1. The van der Waals surface area contributed by atoms with E-state index in [-0.39, 0.29) is 23.8 Å². The van der Waals surface area contributed by atoms with Crippen molar-refractivity contribution in [2.75, 3.05) is 13.2 Å². The number of benzene rings is 2. The molecule has 4 heteroatoms. The predicted molar refractivity (Wildman–Crippen MR) is 110 cm³/mol. The van der Waals surface area contributed by atoms with E-state index in [0.29, 0.717) is 26.1 Å². The largest absolute Gasteiger partial charge is 0.465 e. The van der Waals surface area contributed by atoms with Crippen LogP contribution >= 0.6 is 0 Å². The number of ether oxygens (including phenoxy) is 2. The molecule has 2 aliphatic rings. The van der Waals surface area contributed by atoms with Gasteiger partial charge in [-0.05, 0) is 29.4 Å². The first-order valence-electron chi connectivity index (χ1n) is 10.3. The molecule has 2 aromatic carbocycles. The standard InChI is InChI=1S/C25H26O4/c26-24(28-15-13-18-7-3-1-4-8-18)22-20-11-12-21(17-20)23(22)25(27)29-16-14-19-9-5-2-6-10-19/h1-12,20-23H,13-17H2. The van der Waals surface area contributed by atoms with Gasteiger partial charge in [-0.15, -0.1) is 0 Å². The van der Waals surface area contributed by atoms with Crippen molar-refractivity contribution in [2.24, 2.45) is 23.7 Å². The smallest absolute Gasteiger partial charge is 0.310 e. The number of hydrogen-bond acceptors (Lipinski definition) is 4. The normalized spacial score (nSPS) is 24.4. The summed E-state index contributed by atoms with van der Waals surface area (Å²) in [6, 6.07) is 19.9. The van der Waals surface area contributed by atoms with Crippen molar-refractivity contribution in [3.63, 3.8) is 0 Å². The molecule has 4 atom stereocenters. The third-order valence-electron chi connectivity index (χ3n) is 5.96. The first-order chi connectivity index (χ1) is 14.2. The molecule has 0 N–H and O–H groups in total. The van der Waals surface area contributed by atoms with Crippen LogP contribution < -0.4 is 0 Å². The molecule has 0 heterocycles. The van der Waals surface area contributed by atoms with E-state index in [4.69, 9.17) is 9.47 Å². The van der Waals surface area contributed by atoms with E-state index >= 15 is 0 Å². The lowest BCUT2D eigenvalue weighted by molar-refractivity contribution is -0.161. The van der Waals surface area contributed by atoms with E-state index in [9.17, 15) is 9.59 Å². The SMILES string of the molecule is O=C(OCCc1ccccc1)C1C2C=CC(C2)C1C(=O)OCCc1ccccc1. The highest BCUT2D eigenvalue weighted by Gasteiger charge is 2.53. The molecule has 1 saturated carbocycles. The zero-order valence-corrected chi connectivity index (χ0v) is 16.4. The Bertz CT molecular complexity index is 787. The van der Waals surface area contributed by atoms with Gasteiger partial charge in [-0.25, -0.2) is 0 Å². The average Bonchev–Trinajstić information content (AvgIpc) is 3.37. The molecule has 4 nitrogen and oxygen atoms in total. The molecule has 1 fully saturated rings. The minimum absolute atomic E-state index is 0.0795. The van der Waals surface area contributed by atoms with Gasteiger partial charge in [0.2, 0.25) is 0 Å². The Labute approximate surface area is 171 Å². The summed E-state index contributed by atoms with van der Waals surface area (Å²) in [4.78, 5) is 25.5. The van der Waals surface area contributed by atoms with Crippen molar-refractivity contribution in [2.45, 2.75) is 19.3 Å². The first kappa shape index (κ1) is 19.4. The van der Waals surface area contributed by atoms with Gasteiger partial charge in [0.05, 0.1) is 25.0 Å². The molecule has 29 heavy (non-hydrogen) atoms. The van der Waals surface area contributed by atoms with Crippen LogP contribution in [0.4, 0.5) is 0 Å². The summed E-state index contributed by atoms with van der Waals surface area (Å²) in [5.74, 6) is -1.24. The average molecular weight is 390 g/mol. The van der Waals surface area contributed by atoms with Crippen LogP contribution in [-0.2, 0) is 31.9 Å². The van der Waals surface area contributed by atoms with Gasteiger partial charge >= 0.3 is 11.9 Å². The minimum atomic E-state index is -0.426. The summed E-state index contributed by atoms with van der Waals surface area (Å²) in [7, 11) is 0. The molecular weight excluding hydrogens is 364 g/mol. The van der Waals surface area contributed by atoms with E-state index in [2.05, 4.69) is 12.2 Å². The molecule has 0 aliphatic heterocycles. The molecule has 2 aliphatic carbocycles. The highest BCUT2D eigenvalue weighted by molar-refractivity contribution is 5.84. The van der Waals surface area contributed by atoms with Crippen LogP contribution in [0.25, 0.3) is 0 Å². The fourth-order valence-corrected chi connectivity index (χ4v) is 4.49. The quantitative estimate of drug-likeness (QED) is 0.505. The van der Waals surface area contributed by atoms with Gasteiger partial charge in [-0.1, -0.05) is 72.8 Å². The van der Waals surface area contributed by atoms with E-state index in [1.807, 2.05) is 60.7 Å². The van der Waals surface area contributed by atoms with E-state index in [1.165, 1.54) is 0 Å². The second-order valence-electron chi connectivity index (χ2n) is 7.81. The summed E-state index contributed by atoms with van der Waals surface area (Å²) in [5.41, 5.74) is 2.26. The number of rotatable bonds is 8. The van der Waals surface area contributed by atoms with Gasteiger partial charge in [-0.2, -0.15) is 0 Å². The van der Waals surface area contributed by atoms with Crippen molar-refractivity contribution in [3.05, 3.63) is 83.9 Å². The summed E-state index contributed by atoms with van der Waals surface area (Å²) >= 11 is 0. The molecule has 0 amide bonds. The second-order valence-corrected chi connectivity index (χ2v) is 7.81. The molecule has 0 saturated heterocycles. The molecule has 150 valence electrons. The summed E-state index contributed by atoms with van der Waals surface area (Å²) in [6.45, 7) is 0.659. The van der Waals surface area contributed by atoms with E-state index in [1.54, 1.807) is 0 Å². The lowest BCUT2D eigenvalue weighted by Gasteiger charge is -2.25. The summed E-state index contributed by atoms with van der Waals surface area (Å²) in [5, 5.41) is 0. The Morgan fingerprint density at radius 2 is 1.10 bits per heavy atom. The fourth-order valence-electron chi connectivity index (χ4n) is 4.49. The van der Waals surface area contributed by atoms with Crippen LogP contribution in [0.15, 0.2) is 72.8 Å². The lowest BCUT2D eigenvalue weighted by Crippen LogP contribution is -2.35. The highest BCUT2D eigenvalue weighted by atomic mass is 16.5. The third kappa shape index (κ3) is 4.58. The predicted octanol–water partition coefficient (Wildman–Crippen LogP) is 4.00. The first-order valence-corrected chi connectivity index (χ1v) is 10.3. The molecule has 0 spiro atoms. The lowest BCUT2D eigenvalue weighted by atomic mass is 9.83. The third-order valence-corrected chi connectivity index (χ3v) is 5.96. The molecular formula is C25H26O4. The number of fused-ring (bicyclic) bond motifs is 2. The zero-order valence-electron chi connectivity index (χ0n) is 16.4. The Kier molecular flexibility index (Phi) is 6.09. The molecule has 2 aromatic rings. The van der Waals surface area contributed by atoms with Crippen LogP contribution in [0.5, 0.6) is 0 Å². The maximum absolute atomic E-state index is 12.8. The maximum Gasteiger partial charge on any atom is 0.310 e. The van der Waals surface area contributed by atoms with Gasteiger partial charge in [-0.3, -0.25) is 9.59 Å². The van der Waals surface area contributed by atoms with Gasteiger partial charge in [0.25, 0.3) is 0 Å². The van der Waals surface area contributed by atoms with Crippen molar-refractivity contribution in [3.8, 4) is 0 Å². The molecule has 2 bridgehead atoms. The van der Waals surface area contributed by atoms with Crippen LogP contribution in [0, 0.1) is 23.7 Å². The van der Waals surface area contributed by atoms with Crippen LogP contribution in [0.3, 0.4) is 0 Å². The Balaban J connectivity index is 1.31. The van der Waals surface area contributed by atoms with E-state index in [0.717, 1.165) is 17.5 Å². The van der Waals surface area contributed by atoms with Crippen molar-refractivity contribution in [1.82, 2.24) is 0 Å². The second kappa shape index (κ2) is 9.08. The number of carbonyl (C=O) groups is 2. The monoisotopic (exact) mass is 390 g/mol. The maximum atomic E-state index is 12.8. The highest BCUT2D eigenvalue weighted by Crippen LogP contribution is 2.49. The number of allylic oxidation sites excluding steroid dienone is 2. The van der Waals surface area contributed by atoms with Gasteiger partial charge in [0.1, 0.15) is 0 Å². The van der Waals surface area contributed by atoms with Crippen LogP contribution in [0.2, 0.25) is 0 Å². The fraction of sp³-hybridized carbons (Fsp3) is 0.360. The topological polar surface area (TPSA) is 52.6 Å². The van der Waals surface area contributed by atoms with Crippen molar-refractivity contribution in [1.29, 1.82) is 0 Å². The summed E-state index contributed by atoms with van der Waals surface area (Å²) < 4.78 is 11.1. The van der Waals surface area contributed by atoms with Crippen LogP contribution in [-0.4, -0.2) is 25.2 Å². The van der Waals surface area contributed by atoms with Gasteiger partial charge in [0, 0.05) is 12.8 Å². The number of esters is 2. The number of carbonyl (C=O) groups excluding carboxylic acids is 2. The Morgan fingerprint density at radius 1 is 0.690 bits per heavy atom. The van der Waals surface area contributed by atoms with Crippen molar-refractivity contribution < 1.29 is 19.1 Å². The number of hydrogen-bond donors (Lipinski definition) is 0. The molecule has 0 aromatic heterocycles. The Morgan fingerprint density at radius 3 is 1.52 bits per heavy atom. The molecule has 0 radical (unpaired) electrons. The van der Waals surface area contributed by atoms with Crippen molar-refractivity contribution >= 4 is 11.9 Å². The van der Waals surface area contributed by atoms with Gasteiger partial charge < -0.3 is 9.47 Å². The van der Waals surface area contributed by atoms with Crippen LogP contribution in [0.1, 0.15) is 17.5 Å².